The molecule has 5 heteroatoms. The van der Waals surface area contributed by atoms with Crippen LogP contribution in [0, 0.1) is 10.1 Å². The van der Waals surface area contributed by atoms with Gasteiger partial charge in [-0.3, -0.25) is 10.1 Å². The quantitative estimate of drug-likeness (QED) is 0.432. The molecule has 0 spiro atoms. The molecular weight excluding hydrogens is 298 g/mol. The summed E-state index contributed by atoms with van der Waals surface area (Å²) in [5.41, 5.74) is 1.01. The van der Waals surface area contributed by atoms with E-state index in [-0.39, 0.29) is 5.69 Å². The topological polar surface area (TPSA) is 52.4 Å². The summed E-state index contributed by atoms with van der Waals surface area (Å²) in [5, 5.41) is 11.0. The van der Waals surface area contributed by atoms with Gasteiger partial charge in [0.25, 0.3) is 0 Å². The van der Waals surface area contributed by atoms with E-state index in [1.807, 2.05) is 13.0 Å². The first kappa shape index (κ1) is 15.0. The number of nitrogens with zero attached hydrogens (tertiary/aromatic N) is 1. The van der Waals surface area contributed by atoms with Crippen molar-refractivity contribution in [3.63, 3.8) is 0 Å². The van der Waals surface area contributed by atoms with Gasteiger partial charge in [0.1, 0.15) is 0 Å². The van der Waals surface area contributed by atoms with Gasteiger partial charge in [0.05, 0.1) is 11.5 Å². The highest BCUT2D eigenvalue weighted by Gasteiger charge is 2.16. The molecule has 18 heavy (non-hydrogen) atoms. The molecule has 0 fully saturated rings. The van der Waals surface area contributed by atoms with Gasteiger partial charge in [0.2, 0.25) is 0 Å². The first-order valence-electron chi connectivity index (χ1n) is 6.12. The van der Waals surface area contributed by atoms with Crippen LogP contribution in [0.5, 0.6) is 5.75 Å². The van der Waals surface area contributed by atoms with Gasteiger partial charge in [-0.15, -0.1) is 0 Å². The minimum absolute atomic E-state index is 0.0468. The second-order valence-corrected chi connectivity index (χ2v) is 5.38. The highest BCUT2D eigenvalue weighted by atomic mass is 79.9. The summed E-state index contributed by atoms with van der Waals surface area (Å²) in [6.07, 6.45) is 2.94. The zero-order valence-electron chi connectivity index (χ0n) is 10.7. The van der Waals surface area contributed by atoms with Gasteiger partial charge in [-0.25, -0.2) is 0 Å². The van der Waals surface area contributed by atoms with Gasteiger partial charge in [-0.2, -0.15) is 0 Å². The van der Waals surface area contributed by atoms with Gasteiger partial charge in [-0.1, -0.05) is 35.3 Å². The van der Waals surface area contributed by atoms with Gasteiger partial charge >= 0.3 is 5.69 Å². The predicted octanol–water partition coefficient (Wildman–Crippen LogP) is 4.10. The van der Waals surface area contributed by atoms with Gasteiger partial charge < -0.3 is 4.74 Å². The molecule has 1 unspecified atom stereocenters. The number of alkyl halides is 1. The second-order valence-electron chi connectivity index (χ2n) is 4.08. The number of ether oxygens (including phenoxy) is 1. The Morgan fingerprint density at radius 1 is 1.44 bits per heavy atom. The van der Waals surface area contributed by atoms with Crippen LogP contribution in [0.4, 0.5) is 5.69 Å². The Bertz CT molecular complexity index is 409. The molecule has 0 radical (unpaired) electrons. The van der Waals surface area contributed by atoms with Crippen LogP contribution in [0.25, 0.3) is 0 Å². The number of halogens is 1. The summed E-state index contributed by atoms with van der Waals surface area (Å²) in [5.74, 6) is 0.341. The molecule has 1 rings (SSSR count). The van der Waals surface area contributed by atoms with E-state index in [4.69, 9.17) is 4.74 Å². The van der Waals surface area contributed by atoms with Crippen molar-refractivity contribution < 1.29 is 9.66 Å². The molecular formula is C13H18BrNO3. The van der Waals surface area contributed by atoms with Crippen molar-refractivity contribution >= 4 is 21.6 Å². The van der Waals surface area contributed by atoms with Gasteiger partial charge in [0, 0.05) is 10.9 Å². The summed E-state index contributed by atoms with van der Waals surface area (Å²) < 4.78 is 5.25. The average molecular weight is 316 g/mol. The molecule has 0 heterocycles. The van der Waals surface area contributed by atoms with Crippen molar-refractivity contribution in [2.24, 2.45) is 0 Å². The summed E-state index contributed by atoms with van der Waals surface area (Å²) in [6, 6.07) is 5.18. The molecule has 1 aromatic rings. The van der Waals surface area contributed by atoms with E-state index in [0.29, 0.717) is 17.2 Å². The molecule has 0 saturated heterocycles. The van der Waals surface area contributed by atoms with Crippen molar-refractivity contribution in [2.75, 3.05) is 6.61 Å². The van der Waals surface area contributed by atoms with Crippen molar-refractivity contribution in [3.05, 3.63) is 33.9 Å². The zero-order chi connectivity index (χ0) is 13.5. The van der Waals surface area contributed by atoms with Crippen LogP contribution < -0.4 is 4.74 Å². The molecule has 1 atom stereocenters. The first-order chi connectivity index (χ1) is 8.58. The molecule has 0 saturated carbocycles. The van der Waals surface area contributed by atoms with Crippen molar-refractivity contribution in [1.82, 2.24) is 0 Å². The van der Waals surface area contributed by atoms with E-state index in [9.17, 15) is 10.1 Å². The largest absolute Gasteiger partial charge is 0.487 e. The Labute approximate surface area is 116 Å². The molecule has 0 aliphatic rings. The van der Waals surface area contributed by atoms with E-state index in [2.05, 4.69) is 22.9 Å². The van der Waals surface area contributed by atoms with Crippen LogP contribution in [0.1, 0.15) is 32.3 Å². The van der Waals surface area contributed by atoms with Crippen LogP contribution in [0.15, 0.2) is 18.2 Å². The van der Waals surface area contributed by atoms with Crippen molar-refractivity contribution in [2.45, 2.75) is 37.9 Å². The number of hydrogen-bond acceptors (Lipinski definition) is 3. The minimum Gasteiger partial charge on any atom is -0.487 e. The standard InChI is InChI=1S/C13H18BrNO3/c1-3-5-11(14)8-10-6-7-13(18-4-2)12(9-10)15(16)17/h6-7,9,11H,3-5,8H2,1-2H3. The number of nitro groups is 1. The maximum atomic E-state index is 11.0. The van der Waals surface area contributed by atoms with E-state index >= 15 is 0 Å². The SMILES string of the molecule is CCCC(Br)Cc1ccc(OCC)c([N+](=O)[O-])c1. The predicted molar refractivity (Wildman–Crippen MR) is 75.6 cm³/mol. The molecule has 0 aliphatic heterocycles. The van der Waals surface area contributed by atoms with Crippen LogP contribution in [0.2, 0.25) is 0 Å². The fourth-order valence-corrected chi connectivity index (χ4v) is 2.61. The molecule has 0 aliphatic carbocycles. The molecule has 100 valence electrons. The van der Waals surface area contributed by atoms with Gasteiger partial charge in [0.15, 0.2) is 5.75 Å². The average Bonchev–Trinajstić information content (AvgIpc) is 2.31. The molecule has 0 bridgehead atoms. The monoisotopic (exact) mass is 315 g/mol. The molecule has 0 aromatic heterocycles. The Hall–Kier alpha value is -1.10. The summed E-state index contributed by atoms with van der Waals surface area (Å²) in [4.78, 5) is 10.9. The molecule has 0 N–H and O–H groups in total. The first-order valence-corrected chi connectivity index (χ1v) is 7.04. The number of hydrogen-bond donors (Lipinski definition) is 0. The fraction of sp³-hybridized carbons (Fsp3) is 0.538. The normalized spacial score (nSPS) is 12.2. The van der Waals surface area contributed by atoms with Crippen molar-refractivity contribution in [1.29, 1.82) is 0 Å². The zero-order valence-corrected chi connectivity index (χ0v) is 12.3. The number of rotatable bonds is 7. The number of nitro benzene ring substituents is 1. The Morgan fingerprint density at radius 3 is 2.72 bits per heavy atom. The molecule has 4 nitrogen and oxygen atoms in total. The third kappa shape index (κ3) is 4.29. The minimum atomic E-state index is -0.391. The van der Waals surface area contributed by atoms with E-state index in [1.54, 1.807) is 12.1 Å². The van der Waals surface area contributed by atoms with Crippen LogP contribution in [-0.2, 0) is 6.42 Å². The second kappa shape index (κ2) is 7.36. The van der Waals surface area contributed by atoms with E-state index < -0.39 is 4.92 Å². The Morgan fingerprint density at radius 2 is 2.17 bits per heavy atom. The highest BCUT2D eigenvalue weighted by Crippen LogP contribution is 2.29. The smallest absolute Gasteiger partial charge is 0.311 e. The lowest BCUT2D eigenvalue weighted by Crippen LogP contribution is -2.04. The third-order valence-electron chi connectivity index (χ3n) is 2.58. The third-order valence-corrected chi connectivity index (χ3v) is 3.36. The van der Waals surface area contributed by atoms with Crippen molar-refractivity contribution in [3.8, 4) is 5.75 Å². The van der Waals surface area contributed by atoms with E-state index in [0.717, 1.165) is 24.8 Å². The van der Waals surface area contributed by atoms with Gasteiger partial charge in [-0.05, 0) is 31.4 Å². The maximum Gasteiger partial charge on any atom is 0.311 e. The Kier molecular flexibility index (Phi) is 6.12. The lowest BCUT2D eigenvalue weighted by molar-refractivity contribution is -0.385. The lowest BCUT2D eigenvalue weighted by Gasteiger charge is -2.10. The summed E-state index contributed by atoms with van der Waals surface area (Å²) >= 11 is 3.58. The maximum absolute atomic E-state index is 11.0. The Balaban J connectivity index is 2.89. The number of benzene rings is 1. The summed E-state index contributed by atoms with van der Waals surface area (Å²) in [6.45, 7) is 4.36. The van der Waals surface area contributed by atoms with Crippen LogP contribution >= 0.6 is 15.9 Å². The van der Waals surface area contributed by atoms with Crippen LogP contribution in [0.3, 0.4) is 0 Å². The highest BCUT2D eigenvalue weighted by molar-refractivity contribution is 9.09. The summed E-state index contributed by atoms with van der Waals surface area (Å²) in [7, 11) is 0. The fourth-order valence-electron chi connectivity index (χ4n) is 1.78. The molecule has 1 aromatic carbocycles. The van der Waals surface area contributed by atoms with E-state index in [1.165, 1.54) is 0 Å². The molecule has 0 amide bonds. The van der Waals surface area contributed by atoms with Crippen LogP contribution in [-0.4, -0.2) is 16.4 Å². The lowest BCUT2D eigenvalue weighted by atomic mass is 10.1.